The highest BCUT2D eigenvalue weighted by atomic mass is 33.1. The van der Waals surface area contributed by atoms with Gasteiger partial charge in [-0.2, -0.15) is 0 Å². The Morgan fingerprint density at radius 1 is 1.57 bits per heavy atom. The Kier molecular flexibility index (Phi) is 12.1. The predicted molar refractivity (Wildman–Crippen MR) is 115 cm³/mol. The van der Waals surface area contributed by atoms with Crippen molar-refractivity contribution in [3.8, 4) is 0 Å². The number of carbonyl (C=O) groups excluding carboxylic acids is 1. The number of aryl methyl sites for hydroxylation is 1. The Hall–Kier alpha value is -2.09. The molecule has 0 aliphatic carbocycles. The summed E-state index contributed by atoms with van der Waals surface area (Å²) in [6.45, 7) is 4.82. The van der Waals surface area contributed by atoms with Gasteiger partial charge in [-0.25, -0.2) is 9.97 Å². The lowest BCUT2D eigenvalue weighted by Crippen LogP contribution is -2.22. The van der Waals surface area contributed by atoms with Crippen LogP contribution in [0.2, 0.25) is 0 Å². The zero-order valence-electron chi connectivity index (χ0n) is 16.9. The number of nitrogens with two attached hydrogens (primary N) is 1. The van der Waals surface area contributed by atoms with Crippen LogP contribution < -0.4 is 5.73 Å². The number of aliphatic hydroxyl groups excluding tert-OH is 1. The normalized spacial score (nSPS) is 16.3. The number of nitrogen functional groups attached to an aromatic ring is 1. The minimum absolute atomic E-state index is 0.0304. The van der Waals surface area contributed by atoms with E-state index in [0.717, 1.165) is 42.2 Å². The van der Waals surface area contributed by atoms with Gasteiger partial charge in [-0.15, -0.1) is 10.1 Å². The third-order valence-corrected chi connectivity index (χ3v) is 6.79. The van der Waals surface area contributed by atoms with E-state index < -0.39 is 5.09 Å². The molecule has 11 nitrogen and oxygen atoms in total. The van der Waals surface area contributed by atoms with E-state index in [-0.39, 0.29) is 6.61 Å². The van der Waals surface area contributed by atoms with Crippen LogP contribution >= 0.6 is 21.6 Å². The van der Waals surface area contributed by atoms with Crippen LogP contribution in [0.3, 0.4) is 0 Å². The average molecular weight is 462 g/mol. The molecule has 4 N–H and O–H groups in total. The van der Waals surface area contributed by atoms with E-state index in [0.29, 0.717) is 36.3 Å². The van der Waals surface area contributed by atoms with Crippen LogP contribution in [-0.2, 0) is 16.1 Å². The number of allylic oxidation sites excluding steroid dienone is 1. The molecule has 1 unspecified atom stereocenters. The number of nitrogens with zero attached hydrogens (tertiary/aromatic N) is 4. The van der Waals surface area contributed by atoms with Gasteiger partial charge in [0.1, 0.15) is 11.6 Å². The van der Waals surface area contributed by atoms with Crippen LogP contribution in [0.5, 0.6) is 0 Å². The number of ether oxygens (including phenoxy) is 1. The molecule has 0 spiro atoms. The first kappa shape index (κ1) is 25.9. The van der Waals surface area contributed by atoms with Gasteiger partial charge in [0.2, 0.25) is 6.41 Å². The maximum Gasteiger partial charge on any atom is 0.291 e. The van der Waals surface area contributed by atoms with Gasteiger partial charge in [-0.05, 0) is 26.7 Å². The molecule has 0 saturated carbocycles. The van der Waals surface area contributed by atoms with Gasteiger partial charge in [0.15, 0.2) is 0 Å². The molecule has 0 bridgehead atoms. The van der Waals surface area contributed by atoms with E-state index in [2.05, 4.69) is 9.97 Å². The first-order chi connectivity index (χ1) is 14.3. The highest BCUT2D eigenvalue weighted by Crippen LogP contribution is 2.37. The molecule has 1 atom stereocenters. The second-order valence-electron chi connectivity index (χ2n) is 6.28. The quantitative estimate of drug-likeness (QED) is 0.202. The van der Waals surface area contributed by atoms with E-state index >= 15 is 0 Å². The van der Waals surface area contributed by atoms with Gasteiger partial charge in [-0.1, -0.05) is 21.6 Å². The van der Waals surface area contributed by atoms with Crippen LogP contribution in [0.1, 0.15) is 37.6 Å². The highest BCUT2D eigenvalue weighted by molar-refractivity contribution is 8.78. The van der Waals surface area contributed by atoms with E-state index in [1.54, 1.807) is 39.6 Å². The lowest BCUT2D eigenvalue weighted by molar-refractivity contribution is -0.742. The summed E-state index contributed by atoms with van der Waals surface area (Å²) >= 11 is 0. The van der Waals surface area contributed by atoms with Crippen molar-refractivity contribution in [3.63, 3.8) is 0 Å². The van der Waals surface area contributed by atoms with Crippen molar-refractivity contribution in [2.45, 2.75) is 45.8 Å². The number of aromatic nitrogens is 2. The van der Waals surface area contributed by atoms with Crippen molar-refractivity contribution >= 4 is 33.8 Å². The van der Waals surface area contributed by atoms with E-state index in [1.165, 1.54) is 0 Å². The standard InChI is InChI=1S/C17H26N4O3S2.HNO3/c1-12(16(5-6-22)26-25-10-15-4-3-7-24-15)21(11-23)9-14-8-19-13(2)20-17(14)18;2-1(3)4/h8,11,15,22H,3-7,9-10H2,1-2H3,(H2,18,19,20);(H,2,3,4)/b16-12+;. The fourth-order valence-electron chi connectivity index (χ4n) is 2.55. The smallest absolute Gasteiger partial charge is 0.291 e. The maximum absolute atomic E-state index is 11.6. The molecule has 2 heterocycles. The van der Waals surface area contributed by atoms with Crippen LogP contribution in [0.4, 0.5) is 5.82 Å². The lowest BCUT2D eigenvalue weighted by Gasteiger charge is -2.22. The molecule has 1 aromatic heterocycles. The number of carbonyl (C=O) groups is 1. The fourth-order valence-corrected chi connectivity index (χ4v) is 5.29. The number of anilines is 1. The zero-order chi connectivity index (χ0) is 22.5. The number of aliphatic hydroxyl groups is 1. The van der Waals surface area contributed by atoms with Crippen molar-refractivity contribution in [1.29, 1.82) is 0 Å². The van der Waals surface area contributed by atoms with Gasteiger partial charge in [0.25, 0.3) is 5.09 Å². The van der Waals surface area contributed by atoms with Gasteiger partial charge in [0, 0.05) is 47.7 Å². The molecule has 1 aliphatic rings. The van der Waals surface area contributed by atoms with Gasteiger partial charge >= 0.3 is 0 Å². The van der Waals surface area contributed by atoms with Crippen LogP contribution in [0, 0.1) is 17.0 Å². The number of rotatable bonds is 10. The fraction of sp³-hybridized carbons (Fsp3) is 0.588. The summed E-state index contributed by atoms with van der Waals surface area (Å²) in [5.74, 6) is 1.87. The molecule has 30 heavy (non-hydrogen) atoms. The lowest BCUT2D eigenvalue weighted by atomic mass is 10.2. The molecule has 13 heteroatoms. The average Bonchev–Trinajstić information content (AvgIpc) is 3.19. The third kappa shape index (κ3) is 9.61. The summed E-state index contributed by atoms with van der Waals surface area (Å²) in [4.78, 5) is 30.8. The first-order valence-electron chi connectivity index (χ1n) is 9.13. The molecular weight excluding hydrogens is 434 g/mol. The predicted octanol–water partition coefficient (Wildman–Crippen LogP) is 2.15. The van der Waals surface area contributed by atoms with Crippen molar-refractivity contribution < 1.29 is 24.9 Å². The second kappa shape index (κ2) is 14.0. The molecule has 2 rings (SSSR count). The Labute approximate surface area is 182 Å². The van der Waals surface area contributed by atoms with Gasteiger partial charge in [0.05, 0.1) is 12.6 Å². The van der Waals surface area contributed by atoms with E-state index in [9.17, 15) is 9.90 Å². The second-order valence-corrected chi connectivity index (χ2v) is 8.72. The van der Waals surface area contributed by atoms with Crippen molar-refractivity contribution in [1.82, 2.24) is 14.9 Å². The van der Waals surface area contributed by atoms with E-state index in [4.69, 9.17) is 25.8 Å². The van der Waals surface area contributed by atoms with Crippen LogP contribution in [0.25, 0.3) is 0 Å². The molecular formula is C17H27N5O6S2. The summed E-state index contributed by atoms with van der Waals surface area (Å²) in [7, 11) is 3.29. The molecule has 0 radical (unpaired) electrons. The minimum Gasteiger partial charge on any atom is -0.396 e. The zero-order valence-corrected chi connectivity index (χ0v) is 18.5. The highest BCUT2D eigenvalue weighted by Gasteiger charge is 2.18. The molecule has 1 aliphatic heterocycles. The summed E-state index contributed by atoms with van der Waals surface area (Å²) in [6.07, 6.45) is 5.43. The molecule has 0 aromatic carbocycles. The summed E-state index contributed by atoms with van der Waals surface area (Å²) < 4.78 is 5.63. The SMILES string of the molecule is C/C(=C(/CCO)SSCC1CCCO1)N(C=O)Cc1cnc(C)nc1N.O=[N+]([O-])O. The monoisotopic (exact) mass is 461 g/mol. The van der Waals surface area contributed by atoms with Crippen molar-refractivity contribution in [2.75, 3.05) is 24.7 Å². The Balaban J connectivity index is 0.00000103. The first-order valence-corrected chi connectivity index (χ1v) is 11.4. The third-order valence-electron chi connectivity index (χ3n) is 4.10. The summed E-state index contributed by atoms with van der Waals surface area (Å²) in [6, 6.07) is 0. The Morgan fingerprint density at radius 3 is 2.80 bits per heavy atom. The molecule has 168 valence electrons. The van der Waals surface area contributed by atoms with Gasteiger partial charge < -0.3 is 25.7 Å². The molecule has 1 aromatic rings. The summed E-state index contributed by atoms with van der Waals surface area (Å²) in [5.41, 5.74) is 7.44. The number of amides is 1. The maximum atomic E-state index is 11.6. The largest absolute Gasteiger partial charge is 0.396 e. The van der Waals surface area contributed by atoms with Crippen molar-refractivity contribution in [2.24, 2.45) is 0 Å². The van der Waals surface area contributed by atoms with E-state index in [1.807, 2.05) is 6.92 Å². The number of hydrogen-bond donors (Lipinski definition) is 3. The molecule has 1 amide bonds. The minimum atomic E-state index is -1.50. The van der Waals surface area contributed by atoms with Crippen LogP contribution in [-0.4, -0.2) is 61.7 Å². The Bertz CT molecular complexity index is 727. The molecule has 1 fully saturated rings. The van der Waals surface area contributed by atoms with Crippen molar-refractivity contribution in [3.05, 3.63) is 38.3 Å². The van der Waals surface area contributed by atoms with Crippen LogP contribution in [0.15, 0.2) is 16.8 Å². The molecule has 1 saturated heterocycles. The summed E-state index contributed by atoms with van der Waals surface area (Å²) in [5, 5.41) is 23.0. The topological polar surface area (TPSA) is 165 Å². The number of hydrogen-bond acceptors (Lipinski definition) is 10. The van der Waals surface area contributed by atoms with Gasteiger partial charge in [-0.3, -0.25) is 4.79 Å². The Morgan fingerprint density at radius 2 is 2.27 bits per heavy atom.